The van der Waals surface area contributed by atoms with Crippen molar-refractivity contribution in [3.05, 3.63) is 65.9 Å². The molecule has 2 fully saturated rings. The third-order valence-corrected chi connectivity index (χ3v) is 7.20. The van der Waals surface area contributed by atoms with E-state index in [1.54, 1.807) is 19.1 Å². The van der Waals surface area contributed by atoms with Gasteiger partial charge in [-0.15, -0.1) is 0 Å². The normalized spacial score (nSPS) is 17.1. The number of likely N-dealkylation sites (N-methyl/N-ethyl adjacent to an activating group) is 1. The molecule has 2 saturated heterocycles. The monoisotopic (exact) mass is 551 g/mol. The highest BCUT2D eigenvalue weighted by molar-refractivity contribution is 6.02. The number of piperazine rings is 1. The second-order valence-corrected chi connectivity index (χ2v) is 10.3. The van der Waals surface area contributed by atoms with Crippen molar-refractivity contribution in [2.24, 2.45) is 0 Å². The maximum atomic E-state index is 15.3. The highest BCUT2D eigenvalue weighted by Crippen LogP contribution is 2.36. The molecule has 6 rings (SSSR count). The molecule has 2 N–H and O–H groups in total. The van der Waals surface area contributed by atoms with Crippen LogP contribution in [0.25, 0.3) is 10.9 Å². The molecule has 4 aromatic rings. The highest BCUT2D eigenvalue weighted by Gasteiger charge is 2.47. The van der Waals surface area contributed by atoms with E-state index in [0.29, 0.717) is 16.6 Å². The SMILES string of the molecule is Cc1cc2c(F)c(Oc3ncnc(Nc4ccc(N5CCN(C)CC5)cc4)c3C(=O)N3CC(F)(F)C3)ccc2[nH]1. The van der Waals surface area contributed by atoms with Crippen LogP contribution in [0, 0.1) is 12.7 Å². The zero-order chi connectivity index (χ0) is 28.0. The Morgan fingerprint density at radius 3 is 2.48 bits per heavy atom. The minimum Gasteiger partial charge on any atom is -0.435 e. The summed E-state index contributed by atoms with van der Waals surface area (Å²) in [7, 11) is 2.10. The fraction of sp³-hybridized carbons (Fsp3) is 0.321. The number of aromatic nitrogens is 3. The Labute approximate surface area is 228 Å². The third-order valence-electron chi connectivity index (χ3n) is 7.20. The number of aromatic amines is 1. The lowest BCUT2D eigenvalue weighted by atomic mass is 10.1. The number of hydrogen-bond donors (Lipinski definition) is 2. The van der Waals surface area contributed by atoms with E-state index in [4.69, 9.17) is 4.74 Å². The van der Waals surface area contributed by atoms with Crippen molar-refractivity contribution in [2.45, 2.75) is 12.8 Å². The average molecular weight is 552 g/mol. The first-order valence-corrected chi connectivity index (χ1v) is 13.0. The Morgan fingerprint density at radius 2 is 1.77 bits per heavy atom. The Bertz CT molecular complexity index is 1560. The first kappa shape index (κ1) is 25.9. The van der Waals surface area contributed by atoms with Gasteiger partial charge < -0.3 is 29.7 Å². The van der Waals surface area contributed by atoms with E-state index < -0.39 is 30.7 Å². The van der Waals surface area contributed by atoms with E-state index in [1.807, 2.05) is 24.3 Å². The molecular formula is C28H28F3N7O2. The predicted molar refractivity (Wildman–Crippen MR) is 145 cm³/mol. The number of hydrogen-bond acceptors (Lipinski definition) is 7. The molecule has 1 amide bonds. The summed E-state index contributed by atoms with van der Waals surface area (Å²) in [6.07, 6.45) is 1.18. The van der Waals surface area contributed by atoms with E-state index in [0.717, 1.165) is 42.5 Å². The number of nitrogens with zero attached hydrogens (tertiary/aromatic N) is 5. The molecule has 0 spiro atoms. The molecule has 0 aliphatic carbocycles. The smallest absolute Gasteiger partial charge is 0.282 e. The topological polar surface area (TPSA) is 89.6 Å². The van der Waals surface area contributed by atoms with Gasteiger partial charge in [-0.25, -0.2) is 23.1 Å². The number of nitrogens with one attached hydrogen (secondary N) is 2. The van der Waals surface area contributed by atoms with Crippen LogP contribution in [-0.4, -0.2) is 82.9 Å². The molecule has 0 saturated carbocycles. The summed E-state index contributed by atoms with van der Waals surface area (Å²) >= 11 is 0. The van der Waals surface area contributed by atoms with E-state index in [1.165, 1.54) is 12.4 Å². The number of aryl methyl sites for hydroxylation is 1. The molecule has 0 unspecified atom stereocenters. The number of rotatable bonds is 6. The van der Waals surface area contributed by atoms with Gasteiger partial charge in [0.15, 0.2) is 17.4 Å². The lowest BCUT2D eigenvalue weighted by Crippen LogP contribution is -2.58. The first-order valence-electron chi connectivity index (χ1n) is 13.0. The van der Waals surface area contributed by atoms with Crippen LogP contribution in [0.1, 0.15) is 16.1 Å². The van der Waals surface area contributed by atoms with E-state index >= 15 is 4.39 Å². The van der Waals surface area contributed by atoms with Gasteiger partial charge in [-0.2, -0.15) is 0 Å². The number of likely N-dealkylation sites (tertiary alicyclic amines) is 1. The van der Waals surface area contributed by atoms with Crippen molar-refractivity contribution in [3.63, 3.8) is 0 Å². The molecular weight excluding hydrogens is 523 g/mol. The Balaban J connectivity index is 1.31. The van der Waals surface area contributed by atoms with Crippen LogP contribution in [0.4, 0.5) is 30.4 Å². The maximum absolute atomic E-state index is 15.3. The van der Waals surface area contributed by atoms with Gasteiger partial charge in [-0.05, 0) is 56.4 Å². The fourth-order valence-electron chi connectivity index (χ4n) is 4.98. The number of ether oxygens (including phenoxy) is 1. The molecule has 9 nitrogen and oxygen atoms in total. The molecule has 0 radical (unpaired) electrons. The van der Waals surface area contributed by atoms with Crippen molar-refractivity contribution >= 4 is 34.0 Å². The number of anilines is 3. The minimum atomic E-state index is -2.97. The standard InChI is InChI=1S/C28H28F3N7O2/c1-17-13-20-21(34-17)7-8-22(24(20)29)40-26-23(27(39)38-14-28(30,31)15-38)25(32-16-33-26)35-18-3-5-19(6-4-18)37-11-9-36(2)10-12-37/h3-8,13,16,34H,9-12,14-15H2,1-2H3,(H,32,33,35). The molecule has 12 heteroatoms. The zero-order valence-corrected chi connectivity index (χ0v) is 22.0. The number of halogens is 3. The summed E-state index contributed by atoms with van der Waals surface area (Å²) in [6, 6.07) is 12.4. The summed E-state index contributed by atoms with van der Waals surface area (Å²) in [4.78, 5) is 30.3. The molecule has 4 heterocycles. The van der Waals surface area contributed by atoms with Crippen LogP contribution in [0.5, 0.6) is 11.6 Å². The maximum Gasteiger partial charge on any atom is 0.282 e. The van der Waals surface area contributed by atoms with Crippen molar-refractivity contribution in [1.82, 2.24) is 24.8 Å². The van der Waals surface area contributed by atoms with Gasteiger partial charge in [0.25, 0.3) is 11.8 Å². The Kier molecular flexibility index (Phi) is 6.49. The van der Waals surface area contributed by atoms with Crippen molar-refractivity contribution in [1.29, 1.82) is 0 Å². The van der Waals surface area contributed by atoms with Crippen LogP contribution in [0.15, 0.2) is 48.8 Å². The second-order valence-electron chi connectivity index (χ2n) is 10.3. The van der Waals surface area contributed by atoms with Crippen molar-refractivity contribution in [2.75, 3.05) is 56.5 Å². The van der Waals surface area contributed by atoms with E-state index in [-0.39, 0.29) is 23.0 Å². The zero-order valence-electron chi connectivity index (χ0n) is 22.0. The molecule has 0 bridgehead atoms. The van der Waals surface area contributed by atoms with Crippen molar-refractivity contribution in [3.8, 4) is 11.6 Å². The summed E-state index contributed by atoms with van der Waals surface area (Å²) in [5.41, 5.74) is 2.89. The number of carbonyl (C=O) groups excluding carboxylic acids is 1. The van der Waals surface area contributed by atoms with Crippen LogP contribution >= 0.6 is 0 Å². The summed E-state index contributed by atoms with van der Waals surface area (Å²) < 4.78 is 48.4. The summed E-state index contributed by atoms with van der Waals surface area (Å²) in [5.74, 6) is -4.67. The molecule has 2 aromatic carbocycles. The van der Waals surface area contributed by atoms with E-state index in [2.05, 4.69) is 37.1 Å². The summed E-state index contributed by atoms with van der Waals surface area (Å²) in [5, 5.41) is 3.41. The highest BCUT2D eigenvalue weighted by atomic mass is 19.3. The predicted octanol–water partition coefficient (Wildman–Crippen LogP) is 4.78. The van der Waals surface area contributed by atoms with Gasteiger partial charge in [-0.3, -0.25) is 4.79 Å². The van der Waals surface area contributed by atoms with Crippen LogP contribution in [-0.2, 0) is 0 Å². The largest absolute Gasteiger partial charge is 0.435 e. The number of benzene rings is 2. The molecule has 0 atom stereocenters. The molecule has 40 heavy (non-hydrogen) atoms. The molecule has 208 valence electrons. The van der Waals surface area contributed by atoms with Gasteiger partial charge in [0.2, 0.25) is 5.88 Å². The molecule has 2 aliphatic heterocycles. The van der Waals surface area contributed by atoms with Gasteiger partial charge >= 0.3 is 0 Å². The van der Waals surface area contributed by atoms with Crippen LogP contribution in [0.3, 0.4) is 0 Å². The third kappa shape index (κ3) is 5.02. The van der Waals surface area contributed by atoms with Crippen molar-refractivity contribution < 1.29 is 22.7 Å². The van der Waals surface area contributed by atoms with Crippen LogP contribution < -0.4 is 15.0 Å². The van der Waals surface area contributed by atoms with Gasteiger partial charge in [-0.1, -0.05) is 0 Å². The van der Waals surface area contributed by atoms with Gasteiger partial charge in [0.1, 0.15) is 11.9 Å². The molecule has 2 aromatic heterocycles. The quantitative estimate of drug-likeness (QED) is 0.356. The minimum absolute atomic E-state index is 0.0662. The lowest BCUT2D eigenvalue weighted by molar-refractivity contribution is -0.113. The van der Waals surface area contributed by atoms with E-state index in [9.17, 15) is 13.6 Å². The van der Waals surface area contributed by atoms with Gasteiger partial charge in [0, 0.05) is 54.2 Å². The number of amides is 1. The lowest BCUT2D eigenvalue weighted by Gasteiger charge is -2.38. The first-order chi connectivity index (χ1) is 19.2. The Hall–Kier alpha value is -4.32. The number of H-pyrrole nitrogens is 1. The molecule has 2 aliphatic rings. The fourth-order valence-corrected chi connectivity index (χ4v) is 4.98. The number of carbonyl (C=O) groups is 1. The van der Waals surface area contributed by atoms with Crippen LogP contribution in [0.2, 0.25) is 0 Å². The van der Waals surface area contributed by atoms with Gasteiger partial charge in [0.05, 0.1) is 13.1 Å². The summed E-state index contributed by atoms with van der Waals surface area (Å²) in [6.45, 7) is 4.12. The number of fused-ring (bicyclic) bond motifs is 1. The average Bonchev–Trinajstić information content (AvgIpc) is 3.31. The number of alkyl halides is 2. The second kappa shape index (κ2) is 10.0. The Morgan fingerprint density at radius 1 is 1.05 bits per heavy atom.